The van der Waals surface area contributed by atoms with Gasteiger partial charge < -0.3 is 5.32 Å². The molecular formula is C19H20N6O2. The van der Waals surface area contributed by atoms with Gasteiger partial charge in [0.2, 0.25) is 0 Å². The Morgan fingerprint density at radius 3 is 2.48 bits per heavy atom. The lowest BCUT2D eigenvalue weighted by atomic mass is 10.2. The van der Waals surface area contributed by atoms with Gasteiger partial charge in [-0.1, -0.05) is 30.3 Å². The van der Waals surface area contributed by atoms with E-state index in [1.807, 2.05) is 30.3 Å². The molecule has 0 bridgehead atoms. The SMILES string of the molecule is CCNC(=O)N(CC)C(=O)Nc1ccc2ncc(-c3ccccc3)nc2n1. The van der Waals surface area contributed by atoms with Crippen LogP contribution in [-0.2, 0) is 0 Å². The number of fused-ring (bicyclic) bond motifs is 1. The molecule has 0 spiro atoms. The second-order valence-electron chi connectivity index (χ2n) is 5.67. The number of rotatable bonds is 4. The van der Waals surface area contributed by atoms with Crippen LogP contribution in [0.2, 0.25) is 0 Å². The first-order valence-corrected chi connectivity index (χ1v) is 8.68. The van der Waals surface area contributed by atoms with Crippen molar-refractivity contribution < 1.29 is 9.59 Å². The van der Waals surface area contributed by atoms with E-state index in [9.17, 15) is 9.59 Å². The Morgan fingerprint density at radius 1 is 1.00 bits per heavy atom. The van der Waals surface area contributed by atoms with Crippen molar-refractivity contribution in [2.24, 2.45) is 0 Å². The zero-order valence-corrected chi connectivity index (χ0v) is 15.1. The highest BCUT2D eigenvalue weighted by Crippen LogP contribution is 2.19. The third-order valence-corrected chi connectivity index (χ3v) is 3.85. The van der Waals surface area contributed by atoms with E-state index in [1.54, 1.807) is 32.2 Å². The Bertz CT molecular complexity index is 961. The summed E-state index contributed by atoms with van der Waals surface area (Å²) < 4.78 is 0. The van der Waals surface area contributed by atoms with Gasteiger partial charge in [0.15, 0.2) is 5.65 Å². The molecule has 1 aromatic carbocycles. The number of anilines is 1. The molecule has 0 aliphatic heterocycles. The van der Waals surface area contributed by atoms with Crippen molar-refractivity contribution >= 4 is 29.0 Å². The predicted molar refractivity (Wildman–Crippen MR) is 103 cm³/mol. The highest BCUT2D eigenvalue weighted by molar-refractivity contribution is 6.00. The molecule has 2 heterocycles. The summed E-state index contributed by atoms with van der Waals surface area (Å²) in [6.07, 6.45) is 1.69. The summed E-state index contributed by atoms with van der Waals surface area (Å²) in [6.45, 7) is 4.19. The van der Waals surface area contributed by atoms with Gasteiger partial charge in [0.05, 0.1) is 11.9 Å². The summed E-state index contributed by atoms with van der Waals surface area (Å²) in [4.78, 5) is 38.6. The van der Waals surface area contributed by atoms with E-state index < -0.39 is 12.1 Å². The number of hydrogen-bond donors (Lipinski definition) is 2. The van der Waals surface area contributed by atoms with Crippen LogP contribution in [0.1, 0.15) is 13.8 Å². The number of urea groups is 2. The number of amides is 4. The smallest absolute Gasteiger partial charge is 0.331 e. The molecule has 0 atom stereocenters. The normalized spacial score (nSPS) is 10.4. The summed E-state index contributed by atoms with van der Waals surface area (Å²) in [5, 5.41) is 5.23. The Hall–Kier alpha value is -3.55. The van der Waals surface area contributed by atoms with Crippen LogP contribution >= 0.6 is 0 Å². The van der Waals surface area contributed by atoms with Crippen LogP contribution in [0.25, 0.3) is 22.4 Å². The number of carbonyl (C=O) groups is 2. The molecule has 3 rings (SSSR count). The van der Waals surface area contributed by atoms with Gasteiger partial charge in [-0.2, -0.15) is 0 Å². The number of aromatic nitrogens is 3. The van der Waals surface area contributed by atoms with Gasteiger partial charge in [0.1, 0.15) is 11.3 Å². The van der Waals surface area contributed by atoms with Gasteiger partial charge in [0, 0.05) is 18.7 Å². The lowest BCUT2D eigenvalue weighted by Crippen LogP contribution is -2.45. The third-order valence-electron chi connectivity index (χ3n) is 3.85. The Labute approximate surface area is 156 Å². The molecule has 8 nitrogen and oxygen atoms in total. The first-order chi connectivity index (χ1) is 13.1. The quantitative estimate of drug-likeness (QED) is 0.740. The molecule has 0 fully saturated rings. The van der Waals surface area contributed by atoms with Gasteiger partial charge >= 0.3 is 12.1 Å². The van der Waals surface area contributed by atoms with E-state index >= 15 is 0 Å². The number of nitrogens with zero attached hydrogens (tertiary/aromatic N) is 4. The van der Waals surface area contributed by atoms with E-state index in [2.05, 4.69) is 25.6 Å². The molecular weight excluding hydrogens is 344 g/mol. The minimum absolute atomic E-state index is 0.239. The fourth-order valence-corrected chi connectivity index (χ4v) is 2.52. The average Bonchev–Trinajstić information content (AvgIpc) is 2.69. The van der Waals surface area contributed by atoms with Crippen molar-refractivity contribution in [2.45, 2.75) is 13.8 Å². The van der Waals surface area contributed by atoms with Gasteiger partial charge in [-0.15, -0.1) is 0 Å². The zero-order chi connectivity index (χ0) is 19.2. The van der Waals surface area contributed by atoms with E-state index in [0.717, 1.165) is 10.5 Å². The van der Waals surface area contributed by atoms with Crippen molar-refractivity contribution in [3.05, 3.63) is 48.7 Å². The number of pyridine rings is 1. The van der Waals surface area contributed by atoms with Crippen molar-refractivity contribution in [3.63, 3.8) is 0 Å². The molecule has 2 aromatic heterocycles. The zero-order valence-electron chi connectivity index (χ0n) is 15.1. The lowest BCUT2D eigenvalue weighted by Gasteiger charge is -2.19. The maximum Gasteiger partial charge on any atom is 0.331 e. The highest BCUT2D eigenvalue weighted by atomic mass is 16.2. The van der Waals surface area contributed by atoms with Gasteiger partial charge in [0.25, 0.3) is 0 Å². The molecule has 0 saturated carbocycles. The predicted octanol–water partition coefficient (Wildman–Crippen LogP) is 3.28. The number of nitrogens with one attached hydrogen (secondary N) is 2. The molecule has 4 amide bonds. The van der Waals surface area contributed by atoms with Crippen LogP contribution in [0.5, 0.6) is 0 Å². The molecule has 0 radical (unpaired) electrons. The van der Waals surface area contributed by atoms with Crippen LogP contribution < -0.4 is 10.6 Å². The standard InChI is InChI=1S/C19H20N6O2/c1-3-20-18(26)25(4-2)19(27)24-16-11-10-14-17(23-16)22-15(12-21-14)13-8-6-5-7-9-13/h5-12H,3-4H2,1-2H3,(H,20,26)(H,22,23,24,27). The Balaban J connectivity index is 1.85. The van der Waals surface area contributed by atoms with E-state index in [0.29, 0.717) is 29.2 Å². The second-order valence-corrected chi connectivity index (χ2v) is 5.67. The summed E-state index contributed by atoms with van der Waals surface area (Å²) in [5.41, 5.74) is 2.65. The monoisotopic (exact) mass is 364 g/mol. The molecule has 2 N–H and O–H groups in total. The van der Waals surface area contributed by atoms with Crippen LogP contribution in [0, 0.1) is 0 Å². The minimum atomic E-state index is -0.553. The van der Waals surface area contributed by atoms with Crippen molar-refractivity contribution in [2.75, 3.05) is 18.4 Å². The molecule has 27 heavy (non-hydrogen) atoms. The Morgan fingerprint density at radius 2 is 1.78 bits per heavy atom. The molecule has 3 aromatic rings. The van der Waals surface area contributed by atoms with Crippen LogP contribution in [-0.4, -0.2) is 45.0 Å². The molecule has 0 aliphatic rings. The van der Waals surface area contributed by atoms with Crippen LogP contribution in [0.4, 0.5) is 15.4 Å². The average molecular weight is 364 g/mol. The first-order valence-electron chi connectivity index (χ1n) is 8.68. The van der Waals surface area contributed by atoms with Crippen molar-refractivity contribution in [1.82, 2.24) is 25.2 Å². The molecule has 0 saturated heterocycles. The Kier molecular flexibility index (Phi) is 5.55. The molecule has 0 aliphatic carbocycles. The molecule has 138 valence electrons. The van der Waals surface area contributed by atoms with Crippen LogP contribution in [0.15, 0.2) is 48.7 Å². The lowest BCUT2D eigenvalue weighted by molar-refractivity contribution is 0.196. The van der Waals surface area contributed by atoms with Crippen molar-refractivity contribution in [3.8, 4) is 11.3 Å². The van der Waals surface area contributed by atoms with Crippen LogP contribution in [0.3, 0.4) is 0 Å². The fourth-order valence-electron chi connectivity index (χ4n) is 2.52. The highest BCUT2D eigenvalue weighted by Gasteiger charge is 2.19. The molecule has 8 heteroatoms. The second kappa shape index (κ2) is 8.22. The topological polar surface area (TPSA) is 100 Å². The maximum atomic E-state index is 12.4. The largest absolute Gasteiger partial charge is 0.338 e. The number of hydrogen-bond acceptors (Lipinski definition) is 5. The van der Waals surface area contributed by atoms with Crippen molar-refractivity contribution in [1.29, 1.82) is 0 Å². The number of benzene rings is 1. The minimum Gasteiger partial charge on any atom is -0.338 e. The van der Waals surface area contributed by atoms with E-state index in [-0.39, 0.29) is 6.54 Å². The van der Waals surface area contributed by atoms with E-state index in [4.69, 9.17) is 0 Å². The fraction of sp³-hybridized carbons (Fsp3) is 0.211. The maximum absolute atomic E-state index is 12.4. The van der Waals surface area contributed by atoms with Gasteiger partial charge in [-0.3, -0.25) is 10.3 Å². The third kappa shape index (κ3) is 4.17. The van der Waals surface area contributed by atoms with Gasteiger partial charge in [-0.05, 0) is 26.0 Å². The number of carbonyl (C=O) groups excluding carboxylic acids is 2. The number of imide groups is 1. The summed E-state index contributed by atoms with van der Waals surface area (Å²) >= 11 is 0. The summed E-state index contributed by atoms with van der Waals surface area (Å²) in [5.74, 6) is 0.301. The van der Waals surface area contributed by atoms with Gasteiger partial charge in [-0.25, -0.2) is 24.5 Å². The summed E-state index contributed by atoms with van der Waals surface area (Å²) in [6, 6.07) is 12.0. The molecule has 0 unspecified atom stereocenters. The summed E-state index contributed by atoms with van der Waals surface area (Å²) in [7, 11) is 0. The van der Waals surface area contributed by atoms with E-state index in [1.165, 1.54) is 0 Å². The first kappa shape index (κ1) is 18.2.